The fourth-order valence-electron chi connectivity index (χ4n) is 3.06. The number of nitrogens with zero attached hydrogens (tertiary/aromatic N) is 1. The van der Waals surface area contributed by atoms with E-state index in [0.717, 1.165) is 25.4 Å². The van der Waals surface area contributed by atoms with Gasteiger partial charge in [-0.15, -0.1) is 0 Å². The molecule has 0 amide bonds. The van der Waals surface area contributed by atoms with Crippen LogP contribution in [0.4, 0.5) is 0 Å². The van der Waals surface area contributed by atoms with E-state index in [0.29, 0.717) is 0 Å². The maximum atomic E-state index is 9.58. The summed E-state index contributed by atoms with van der Waals surface area (Å²) in [6, 6.07) is 0. The molecule has 1 saturated carbocycles. The van der Waals surface area contributed by atoms with Gasteiger partial charge in [-0.1, -0.05) is 26.2 Å². The molecule has 1 aliphatic rings. The minimum Gasteiger partial charge on any atom is -0.394 e. The second kappa shape index (κ2) is 8.13. The first-order valence-electron chi connectivity index (χ1n) is 7.64. The van der Waals surface area contributed by atoms with E-state index >= 15 is 0 Å². The molecular weight excluding hydrogens is 224 g/mol. The summed E-state index contributed by atoms with van der Waals surface area (Å²) in [5, 5.41) is 13.0. The van der Waals surface area contributed by atoms with Crippen LogP contribution in [0.25, 0.3) is 0 Å². The molecule has 1 unspecified atom stereocenters. The molecule has 18 heavy (non-hydrogen) atoms. The van der Waals surface area contributed by atoms with Crippen molar-refractivity contribution < 1.29 is 5.11 Å². The van der Waals surface area contributed by atoms with Crippen LogP contribution in [0.2, 0.25) is 0 Å². The molecule has 0 aromatic heterocycles. The van der Waals surface area contributed by atoms with E-state index in [1.54, 1.807) is 0 Å². The molecule has 0 spiro atoms. The Kier molecular flexibility index (Phi) is 7.20. The number of hydrogen-bond donors (Lipinski definition) is 2. The maximum absolute atomic E-state index is 9.58. The molecule has 0 bridgehead atoms. The first kappa shape index (κ1) is 15.9. The van der Waals surface area contributed by atoms with E-state index < -0.39 is 0 Å². The normalized spacial score (nSPS) is 21.2. The smallest absolute Gasteiger partial charge is 0.0623 e. The van der Waals surface area contributed by atoms with Crippen molar-refractivity contribution in [2.45, 2.75) is 57.9 Å². The van der Waals surface area contributed by atoms with Crippen molar-refractivity contribution in [1.82, 2.24) is 10.2 Å². The van der Waals surface area contributed by atoms with Crippen molar-refractivity contribution in [1.29, 1.82) is 0 Å². The summed E-state index contributed by atoms with van der Waals surface area (Å²) >= 11 is 0. The Balaban J connectivity index is 2.33. The average Bonchev–Trinajstić information content (AvgIpc) is 2.37. The van der Waals surface area contributed by atoms with Crippen LogP contribution in [0.15, 0.2) is 0 Å². The van der Waals surface area contributed by atoms with Crippen molar-refractivity contribution in [3.8, 4) is 0 Å². The van der Waals surface area contributed by atoms with Crippen molar-refractivity contribution in [2.24, 2.45) is 5.92 Å². The second-order valence-corrected chi connectivity index (χ2v) is 6.35. The molecule has 3 nitrogen and oxygen atoms in total. The number of aliphatic hydroxyl groups is 1. The molecule has 0 radical (unpaired) electrons. The molecule has 1 atom stereocenters. The van der Waals surface area contributed by atoms with Gasteiger partial charge >= 0.3 is 0 Å². The first-order valence-corrected chi connectivity index (χ1v) is 7.64. The second-order valence-electron chi connectivity index (χ2n) is 6.35. The summed E-state index contributed by atoms with van der Waals surface area (Å²) in [6.07, 6.45) is 8.13. The highest BCUT2D eigenvalue weighted by molar-refractivity contribution is 4.86. The van der Waals surface area contributed by atoms with Crippen LogP contribution < -0.4 is 5.32 Å². The zero-order chi connectivity index (χ0) is 13.4. The molecule has 1 rings (SSSR count). The van der Waals surface area contributed by atoms with Crippen molar-refractivity contribution in [3.63, 3.8) is 0 Å². The number of likely N-dealkylation sites (N-methyl/N-ethyl adjacent to an activating group) is 1. The van der Waals surface area contributed by atoms with Gasteiger partial charge in [0.15, 0.2) is 0 Å². The quantitative estimate of drug-likeness (QED) is 0.699. The van der Waals surface area contributed by atoms with Gasteiger partial charge in [-0.25, -0.2) is 0 Å². The highest BCUT2D eigenvalue weighted by Gasteiger charge is 2.25. The summed E-state index contributed by atoms with van der Waals surface area (Å²) in [5.41, 5.74) is -0.153. The lowest BCUT2D eigenvalue weighted by Gasteiger charge is -2.35. The summed E-state index contributed by atoms with van der Waals surface area (Å²) in [5.74, 6) is 0.873. The fourth-order valence-corrected chi connectivity index (χ4v) is 3.06. The predicted octanol–water partition coefficient (Wildman–Crippen LogP) is 2.25. The molecule has 1 aliphatic carbocycles. The third kappa shape index (κ3) is 5.68. The molecule has 108 valence electrons. The van der Waals surface area contributed by atoms with E-state index in [1.165, 1.54) is 38.6 Å². The third-order valence-electron chi connectivity index (χ3n) is 4.06. The zero-order valence-corrected chi connectivity index (χ0v) is 12.5. The zero-order valence-electron chi connectivity index (χ0n) is 12.5. The lowest BCUT2D eigenvalue weighted by atomic mass is 9.88. The van der Waals surface area contributed by atoms with E-state index in [2.05, 4.69) is 31.1 Å². The number of nitrogens with one attached hydrogen (secondary N) is 1. The molecule has 0 aromatic carbocycles. The summed E-state index contributed by atoms with van der Waals surface area (Å²) < 4.78 is 0. The largest absolute Gasteiger partial charge is 0.394 e. The Morgan fingerprint density at radius 1 is 1.28 bits per heavy atom. The summed E-state index contributed by atoms with van der Waals surface area (Å²) in [4.78, 5) is 2.40. The highest BCUT2D eigenvalue weighted by Crippen LogP contribution is 2.24. The van der Waals surface area contributed by atoms with E-state index in [4.69, 9.17) is 0 Å². The predicted molar refractivity (Wildman–Crippen MR) is 77.9 cm³/mol. The molecule has 3 heteroatoms. The third-order valence-corrected chi connectivity index (χ3v) is 4.06. The highest BCUT2D eigenvalue weighted by atomic mass is 16.3. The van der Waals surface area contributed by atoms with Crippen LogP contribution >= 0.6 is 0 Å². The number of rotatable bonds is 8. The summed E-state index contributed by atoms with van der Waals surface area (Å²) in [6.45, 7) is 7.59. The fraction of sp³-hybridized carbons (Fsp3) is 1.00. The SMILES string of the molecule is CCCNC(C)(CO)CN(C)CC1CCCCC1. The van der Waals surface area contributed by atoms with Crippen molar-refractivity contribution in [3.05, 3.63) is 0 Å². The number of hydrogen-bond acceptors (Lipinski definition) is 3. The van der Waals surface area contributed by atoms with Crippen LogP contribution in [-0.4, -0.2) is 48.8 Å². The maximum Gasteiger partial charge on any atom is 0.0623 e. The van der Waals surface area contributed by atoms with Gasteiger partial charge in [0.2, 0.25) is 0 Å². The van der Waals surface area contributed by atoms with Gasteiger partial charge in [0.05, 0.1) is 12.1 Å². The lowest BCUT2D eigenvalue weighted by Crippen LogP contribution is -2.54. The van der Waals surface area contributed by atoms with Crippen molar-refractivity contribution >= 4 is 0 Å². The van der Waals surface area contributed by atoms with Gasteiger partial charge in [0, 0.05) is 13.1 Å². The van der Waals surface area contributed by atoms with E-state index in [9.17, 15) is 5.11 Å². The van der Waals surface area contributed by atoms with Gasteiger partial charge < -0.3 is 15.3 Å². The van der Waals surface area contributed by atoms with Crippen LogP contribution in [0, 0.1) is 5.92 Å². The molecule has 1 fully saturated rings. The topological polar surface area (TPSA) is 35.5 Å². The first-order chi connectivity index (χ1) is 8.59. The molecule has 0 heterocycles. The van der Waals surface area contributed by atoms with E-state index in [-0.39, 0.29) is 12.1 Å². The van der Waals surface area contributed by atoms with Crippen LogP contribution in [0.1, 0.15) is 52.4 Å². The van der Waals surface area contributed by atoms with E-state index in [1.807, 2.05) is 0 Å². The van der Waals surface area contributed by atoms with Gasteiger partial charge in [-0.2, -0.15) is 0 Å². The minimum absolute atomic E-state index is 0.153. The summed E-state index contributed by atoms with van der Waals surface area (Å²) in [7, 11) is 2.19. The molecule has 2 N–H and O–H groups in total. The van der Waals surface area contributed by atoms with Gasteiger partial charge in [-0.05, 0) is 45.7 Å². The Bertz CT molecular complexity index is 217. The Labute approximate surface area is 113 Å². The standard InChI is InChI=1S/C15H32N2O/c1-4-10-16-15(2,13-18)12-17(3)11-14-8-6-5-7-9-14/h14,16,18H,4-13H2,1-3H3. The molecule has 0 saturated heterocycles. The average molecular weight is 256 g/mol. The van der Waals surface area contributed by atoms with Crippen LogP contribution in [0.3, 0.4) is 0 Å². The van der Waals surface area contributed by atoms with Crippen LogP contribution in [-0.2, 0) is 0 Å². The molecular formula is C15H32N2O. The van der Waals surface area contributed by atoms with Gasteiger partial charge in [0.25, 0.3) is 0 Å². The van der Waals surface area contributed by atoms with Gasteiger partial charge in [0.1, 0.15) is 0 Å². The Morgan fingerprint density at radius 2 is 1.94 bits per heavy atom. The van der Waals surface area contributed by atoms with Crippen molar-refractivity contribution in [2.75, 3.05) is 33.3 Å². The molecule has 0 aliphatic heterocycles. The Hall–Kier alpha value is -0.120. The number of aliphatic hydroxyl groups excluding tert-OH is 1. The minimum atomic E-state index is -0.153. The monoisotopic (exact) mass is 256 g/mol. The Morgan fingerprint density at radius 3 is 2.50 bits per heavy atom. The lowest BCUT2D eigenvalue weighted by molar-refractivity contribution is 0.119. The van der Waals surface area contributed by atoms with Crippen LogP contribution in [0.5, 0.6) is 0 Å². The molecule has 0 aromatic rings. The van der Waals surface area contributed by atoms with Gasteiger partial charge in [-0.3, -0.25) is 0 Å².